The van der Waals surface area contributed by atoms with Gasteiger partial charge in [0.25, 0.3) is 0 Å². The molecule has 0 bridgehead atoms. The number of hydrogen-bond acceptors (Lipinski definition) is 3. The summed E-state index contributed by atoms with van der Waals surface area (Å²) in [6.45, 7) is -0.261. The third-order valence-electron chi connectivity index (χ3n) is 4.53. The van der Waals surface area contributed by atoms with Crippen LogP contribution >= 0.6 is 0 Å². The van der Waals surface area contributed by atoms with Crippen LogP contribution in [0.3, 0.4) is 0 Å². The van der Waals surface area contributed by atoms with Gasteiger partial charge in [-0.25, -0.2) is 18.1 Å². The normalized spacial score (nSPS) is 12.4. The van der Waals surface area contributed by atoms with Crippen molar-refractivity contribution >= 4 is 21.1 Å². The summed E-state index contributed by atoms with van der Waals surface area (Å²) in [5.41, 5.74) is 1.39. The highest BCUT2D eigenvalue weighted by Gasteiger charge is 2.30. The zero-order chi connectivity index (χ0) is 21.4. The van der Waals surface area contributed by atoms with Gasteiger partial charge in [-0.2, -0.15) is 13.2 Å². The van der Waals surface area contributed by atoms with E-state index >= 15 is 0 Å². The minimum absolute atomic E-state index is 0.00904. The van der Waals surface area contributed by atoms with Gasteiger partial charge in [-0.15, -0.1) is 0 Å². The Hall–Kier alpha value is -3.17. The minimum atomic E-state index is -4.49. The lowest BCUT2D eigenvalue weighted by molar-refractivity contribution is -0.137. The van der Waals surface area contributed by atoms with Crippen LogP contribution in [0.2, 0.25) is 0 Å². The molecule has 30 heavy (non-hydrogen) atoms. The number of fused-ring (bicyclic) bond motifs is 1. The van der Waals surface area contributed by atoms with E-state index in [4.69, 9.17) is 0 Å². The van der Waals surface area contributed by atoms with Crippen LogP contribution in [0.15, 0.2) is 77.7 Å². The van der Waals surface area contributed by atoms with Crippen molar-refractivity contribution in [2.24, 2.45) is 0 Å². The standard InChI is InChI=1S/C21H16F3N3O2S/c22-21(23,24)16-8-4-5-14(11-16)13-25-30(28,29)17-9-10-18-19(12-17)27-20(26-18)15-6-2-1-3-7-15/h1-12,25H,13H2,(H,26,27). The minimum Gasteiger partial charge on any atom is -0.338 e. The van der Waals surface area contributed by atoms with Gasteiger partial charge >= 0.3 is 6.18 Å². The summed E-state index contributed by atoms with van der Waals surface area (Å²) < 4.78 is 66.1. The van der Waals surface area contributed by atoms with E-state index in [2.05, 4.69) is 14.7 Å². The molecule has 0 aliphatic carbocycles. The van der Waals surface area contributed by atoms with Gasteiger partial charge in [0.2, 0.25) is 10.0 Å². The highest BCUT2D eigenvalue weighted by atomic mass is 32.2. The fraction of sp³-hybridized carbons (Fsp3) is 0.0952. The number of H-pyrrole nitrogens is 1. The van der Waals surface area contributed by atoms with Crippen molar-refractivity contribution in [2.75, 3.05) is 0 Å². The summed E-state index contributed by atoms with van der Waals surface area (Å²) in [6.07, 6.45) is -4.49. The maximum Gasteiger partial charge on any atom is 0.416 e. The average Bonchev–Trinajstić information content (AvgIpc) is 3.16. The molecule has 0 amide bonds. The maximum atomic E-state index is 12.8. The zero-order valence-electron chi connectivity index (χ0n) is 15.4. The SMILES string of the molecule is O=S(=O)(NCc1cccc(C(F)(F)F)c1)c1ccc2nc(-c3ccccc3)[nH]c2c1. The molecular weight excluding hydrogens is 415 g/mol. The third-order valence-corrected chi connectivity index (χ3v) is 5.93. The molecule has 4 rings (SSSR count). The summed E-state index contributed by atoms with van der Waals surface area (Å²) in [5.74, 6) is 0.608. The van der Waals surface area contributed by atoms with Crippen LogP contribution in [-0.2, 0) is 22.7 Å². The van der Waals surface area contributed by atoms with Gasteiger partial charge in [-0.1, -0.05) is 48.5 Å². The van der Waals surface area contributed by atoms with Crippen LogP contribution in [0.5, 0.6) is 0 Å². The second kappa shape index (κ2) is 7.58. The Balaban J connectivity index is 1.57. The number of hydrogen-bond donors (Lipinski definition) is 2. The predicted octanol–water partition coefficient (Wildman–Crippen LogP) is 4.73. The molecule has 0 saturated heterocycles. The number of benzene rings is 3. The molecule has 154 valence electrons. The van der Waals surface area contributed by atoms with Gasteiger partial charge in [0.05, 0.1) is 21.5 Å². The quantitative estimate of drug-likeness (QED) is 0.480. The first-order valence-corrected chi connectivity index (χ1v) is 10.4. The Morgan fingerprint density at radius 1 is 0.933 bits per heavy atom. The van der Waals surface area contributed by atoms with Crippen molar-refractivity contribution in [3.05, 3.63) is 83.9 Å². The van der Waals surface area contributed by atoms with Crippen molar-refractivity contribution in [1.29, 1.82) is 0 Å². The molecule has 3 aromatic carbocycles. The molecule has 0 aliphatic rings. The number of nitrogens with one attached hydrogen (secondary N) is 2. The van der Waals surface area contributed by atoms with Gasteiger partial charge in [0.15, 0.2) is 0 Å². The fourth-order valence-corrected chi connectivity index (χ4v) is 4.05. The van der Waals surface area contributed by atoms with Crippen molar-refractivity contribution in [2.45, 2.75) is 17.6 Å². The Morgan fingerprint density at radius 2 is 1.70 bits per heavy atom. The first kappa shape index (κ1) is 20.1. The van der Waals surface area contributed by atoms with Gasteiger partial charge in [0.1, 0.15) is 5.82 Å². The predicted molar refractivity (Wildman–Crippen MR) is 107 cm³/mol. The van der Waals surface area contributed by atoms with Gasteiger partial charge in [-0.3, -0.25) is 0 Å². The smallest absolute Gasteiger partial charge is 0.338 e. The molecule has 2 N–H and O–H groups in total. The lowest BCUT2D eigenvalue weighted by Gasteiger charge is -2.10. The van der Waals surface area contributed by atoms with Crippen LogP contribution in [0, 0.1) is 0 Å². The van der Waals surface area contributed by atoms with Crippen molar-refractivity contribution in [3.63, 3.8) is 0 Å². The number of nitrogens with zero attached hydrogens (tertiary/aromatic N) is 1. The molecule has 0 saturated carbocycles. The van der Waals surface area contributed by atoms with E-state index in [1.54, 1.807) is 6.07 Å². The monoisotopic (exact) mass is 431 g/mol. The summed E-state index contributed by atoms with van der Waals surface area (Å²) in [4.78, 5) is 7.54. The second-order valence-corrected chi connectivity index (χ2v) is 8.42. The van der Waals surface area contributed by atoms with E-state index in [0.717, 1.165) is 17.7 Å². The highest BCUT2D eigenvalue weighted by Crippen LogP contribution is 2.29. The van der Waals surface area contributed by atoms with Crippen LogP contribution in [0.1, 0.15) is 11.1 Å². The highest BCUT2D eigenvalue weighted by molar-refractivity contribution is 7.89. The number of sulfonamides is 1. The molecule has 1 heterocycles. The molecule has 0 radical (unpaired) electrons. The molecule has 0 aliphatic heterocycles. The molecule has 0 fully saturated rings. The number of alkyl halides is 3. The van der Waals surface area contributed by atoms with Gasteiger partial charge in [0, 0.05) is 12.1 Å². The van der Waals surface area contributed by atoms with Gasteiger partial charge in [-0.05, 0) is 29.8 Å². The van der Waals surface area contributed by atoms with Crippen LogP contribution in [0.25, 0.3) is 22.4 Å². The lowest BCUT2D eigenvalue weighted by atomic mass is 10.1. The largest absolute Gasteiger partial charge is 0.416 e. The molecule has 5 nitrogen and oxygen atoms in total. The van der Waals surface area contributed by atoms with E-state index in [9.17, 15) is 21.6 Å². The Bertz CT molecular complexity index is 1300. The number of halogens is 3. The van der Waals surface area contributed by atoms with E-state index in [-0.39, 0.29) is 17.0 Å². The summed E-state index contributed by atoms with van der Waals surface area (Å²) in [5, 5.41) is 0. The first-order valence-electron chi connectivity index (χ1n) is 8.93. The van der Waals surface area contributed by atoms with Crippen molar-refractivity contribution in [1.82, 2.24) is 14.7 Å². The summed E-state index contributed by atoms with van der Waals surface area (Å²) in [6, 6.07) is 18.4. The Kier molecular flexibility index (Phi) is 5.08. The van der Waals surface area contributed by atoms with E-state index < -0.39 is 21.8 Å². The van der Waals surface area contributed by atoms with E-state index in [0.29, 0.717) is 16.9 Å². The Morgan fingerprint density at radius 3 is 2.43 bits per heavy atom. The molecular formula is C21H16F3N3O2S. The zero-order valence-corrected chi connectivity index (χ0v) is 16.3. The van der Waals surface area contributed by atoms with Crippen LogP contribution < -0.4 is 4.72 Å². The molecule has 9 heteroatoms. The summed E-state index contributed by atoms with van der Waals surface area (Å²) >= 11 is 0. The van der Waals surface area contributed by atoms with Crippen molar-refractivity contribution < 1.29 is 21.6 Å². The third kappa shape index (κ3) is 4.22. The molecule has 0 atom stereocenters. The molecule has 0 spiro atoms. The number of imidazole rings is 1. The number of aromatic amines is 1. The second-order valence-electron chi connectivity index (χ2n) is 6.65. The Labute approximate surface area is 170 Å². The average molecular weight is 431 g/mol. The van der Waals surface area contributed by atoms with E-state index in [1.165, 1.54) is 24.3 Å². The molecule has 0 unspecified atom stereocenters. The number of aromatic nitrogens is 2. The number of rotatable bonds is 5. The van der Waals surface area contributed by atoms with Gasteiger partial charge < -0.3 is 4.98 Å². The topological polar surface area (TPSA) is 74.8 Å². The molecule has 4 aromatic rings. The fourth-order valence-electron chi connectivity index (χ4n) is 3.01. The van der Waals surface area contributed by atoms with Crippen LogP contribution in [0.4, 0.5) is 13.2 Å². The van der Waals surface area contributed by atoms with Crippen molar-refractivity contribution in [3.8, 4) is 11.4 Å². The first-order chi connectivity index (χ1) is 14.2. The van der Waals surface area contributed by atoms with Crippen LogP contribution in [-0.4, -0.2) is 18.4 Å². The molecule has 1 aromatic heterocycles. The van der Waals surface area contributed by atoms with E-state index in [1.807, 2.05) is 30.3 Å². The lowest BCUT2D eigenvalue weighted by Crippen LogP contribution is -2.23. The maximum absolute atomic E-state index is 12.8. The summed E-state index contributed by atoms with van der Waals surface area (Å²) in [7, 11) is -3.93.